The smallest absolute Gasteiger partial charge is 0.462 e. The van der Waals surface area contributed by atoms with Crippen molar-refractivity contribution < 1.29 is 80.2 Å². The Labute approximate surface area is 579 Å². The van der Waals surface area contributed by atoms with Gasteiger partial charge in [-0.3, -0.25) is 37.3 Å². The lowest BCUT2D eigenvalue weighted by molar-refractivity contribution is -0.161. The van der Waals surface area contributed by atoms with Crippen LogP contribution in [-0.4, -0.2) is 96.7 Å². The molecule has 0 fully saturated rings. The van der Waals surface area contributed by atoms with E-state index in [4.69, 9.17) is 37.0 Å². The molecular weight excluding hydrogens is 1260 g/mol. The molecule has 0 radical (unpaired) electrons. The van der Waals surface area contributed by atoms with Crippen molar-refractivity contribution in [3.05, 3.63) is 158 Å². The summed E-state index contributed by atoms with van der Waals surface area (Å²) in [5.74, 6) is -2.52. The molecule has 0 aromatic rings. The number of unbranched alkanes of at least 4 members (excludes halogenated alkanes) is 15. The summed E-state index contributed by atoms with van der Waals surface area (Å²) >= 11 is 0. The van der Waals surface area contributed by atoms with Crippen LogP contribution in [0.1, 0.15) is 246 Å². The maximum atomic E-state index is 13.0. The van der Waals surface area contributed by atoms with Crippen LogP contribution in [-0.2, 0) is 65.4 Å². The van der Waals surface area contributed by atoms with Gasteiger partial charge in [0.15, 0.2) is 12.2 Å². The van der Waals surface area contributed by atoms with Crippen molar-refractivity contribution in [1.29, 1.82) is 0 Å². The minimum atomic E-state index is -5.02. The predicted molar refractivity (Wildman–Crippen MR) is 390 cm³/mol. The van der Waals surface area contributed by atoms with Crippen LogP contribution in [0.3, 0.4) is 0 Å². The molecule has 17 nitrogen and oxygen atoms in total. The van der Waals surface area contributed by atoms with Crippen LogP contribution in [0.5, 0.6) is 0 Å². The standard InChI is InChI=1S/C77H124O17P2/c1-5-9-13-17-21-25-29-32-35-38-42-45-49-53-57-61-74(79)87-67-72(93-76(81)63-59-55-51-47-41-28-24-20-16-12-8-4)69-91-95(83,84)89-65-71(78)66-90-96(85,86)92-70-73(94-77(82)64-60-56-52-48-44-40-37-34-31-27-23-19-15-11-7-3)68-88-75(80)62-58-54-50-46-43-39-36-33-30-26-22-18-14-10-6-2/h10-11,14-15,20-27,32-37,43-44,46,48,54,56,58,60,71-73,78H,5-9,12-13,16-19,28-31,38-42,45,47,49-53,55,57,59,61-70H2,1-4H3,(H,83,84)(H,85,86)/b14-10-,15-11-,24-20-,25-21-,26-22-,27-23-,35-32-,36-33-,37-34-,46-43-,48-44-,58-54-,60-56-. The van der Waals surface area contributed by atoms with Gasteiger partial charge in [0.25, 0.3) is 0 Å². The fourth-order valence-electron chi connectivity index (χ4n) is 8.61. The molecule has 19 heteroatoms. The molecule has 0 heterocycles. The van der Waals surface area contributed by atoms with Gasteiger partial charge < -0.3 is 33.8 Å². The Morgan fingerprint density at radius 3 is 1.01 bits per heavy atom. The molecule has 0 rings (SSSR count). The highest BCUT2D eigenvalue weighted by atomic mass is 31.2. The summed E-state index contributed by atoms with van der Waals surface area (Å²) < 4.78 is 68.0. The van der Waals surface area contributed by atoms with Crippen LogP contribution < -0.4 is 0 Å². The molecule has 0 aromatic heterocycles. The summed E-state index contributed by atoms with van der Waals surface area (Å²) in [4.78, 5) is 72.5. The Bertz CT molecular complexity index is 2450. The largest absolute Gasteiger partial charge is 0.472 e. The lowest BCUT2D eigenvalue weighted by Crippen LogP contribution is -2.30. The van der Waals surface area contributed by atoms with Crippen molar-refractivity contribution in [3.8, 4) is 0 Å². The molecule has 0 aromatic carbocycles. The molecule has 0 bridgehead atoms. The quantitative estimate of drug-likeness (QED) is 0.0169. The number of allylic oxidation sites excluding steroid dienone is 24. The Morgan fingerprint density at radius 1 is 0.312 bits per heavy atom. The number of phosphoric ester groups is 2. The van der Waals surface area contributed by atoms with E-state index in [0.717, 1.165) is 135 Å². The van der Waals surface area contributed by atoms with Gasteiger partial charge in [-0.15, -0.1) is 0 Å². The van der Waals surface area contributed by atoms with Gasteiger partial charge in [0.05, 0.1) is 39.3 Å². The van der Waals surface area contributed by atoms with E-state index in [1.807, 2.05) is 24.3 Å². The zero-order chi connectivity index (χ0) is 70.4. The summed E-state index contributed by atoms with van der Waals surface area (Å²) in [5, 5.41) is 10.6. The molecule has 0 saturated heterocycles. The first-order chi connectivity index (χ1) is 46.7. The van der Waals surface area contributed by atoms with Crippen LogP contribution in [0.2, 0.25) is 0 Å². The summed E-state index contributed by atoms with van der Waals surface area (Å²) in [5.41, 5.74) is 0. The summed E-state index contributed by atoms with van der Waals surface area (Å²) in [7, 11) is -10.0. The summed E-state index contributed by atoms with van der Waals surface area (Å²) in [6, 6.07) is 0. The first-order valence-electron chi connectivity index (χ1n) is 35.7. The summed E-state index contributed by atoms with van der Waals surface area (Å²) in [6.07, 6.45) is 77.5. The molecule has 0 aliphatic carbocycles. The monoisotopic (exact) mass is 1380 g/mol. The van der Waals surface area contributed by atoms with Gasteiger partial charge in [0.1, 0.15) is 19.3 Å². The van der Waals surface area contributed by atoms with Gasteiger partial charge in [-0.05, 0) is 128 Å². The van der Waals surface area contributed by atoms with Crippen LogP contribution >= 0.6 is 15.6 Å². The maximum absolute atomic E-state index is 13.0. The topological polar surface area (TPSA) is 237 Å². The second-order valence-corrected chi connectivity index (χ2v) is 26.0. The van der Waals surface area contributed by atoms with Crippen LogP contribution in [0, 0.1) is 0 Å². The number of rotatable bonds is 65. The average molecular weight is 1380 g/mol. The molecule has 0 amide bonds. The second-order valence-electron chi connectivity index (χ2n) is 23.1. The highest BCUT2D eigenvalue weighted by Gasteiger charge is 2.30. The zero-order valence-electron chi connectivity index (χ0n) is 59.0. The van der Waals surface area contributed by atoms with Crippen molar-refractivity contribution in [2.75, 3.05) is 39.6 Å². The number of hydrogen-bond acceptors (Lipinski definition) is 15. The zero-order valence-corrected chi connectivity index (χ0v) is 60.8. The van der Waals surface area contributed by atoms with Crippen molar-refractivity contribution in [3.63, 3.8) is 0 Å². The van der Waals surface area contributed by atoms with Gasteiger partial charge in [0.2, 0.25) is 0 Å². The van der Waals surface area contributed by atoms with Crippen molar-refractivity contribution >= 4 is 39.5 Å². The van der Waals surface area contributed by atoms with Gasteiger partial charge in [-0.25, -0.2) is 9.13 Å². The molecule has 3 N–H and O–H groups in total. The highest BCUT2D eigenvalue weighted by molar-refractivity contribution is 7.47. The molecule has 5 atom stereocenters. The Kier molecular flexibility index (Phi) is 64.4. The van der Waals surface area contributed by atoms with E-state index in [2.05, 4.69) is 137 Å². The Morgan fingerprint density at radius 2 is 0.604 bits per heavy atom. The van der Waals surface area contributed by atoms with E-state index < -0.39 is 97.5 Å². The van der Waals surface area contributed by atoms with Crippen LogP contribution in [0.4, 0.5) is 0 Å². The fraction of sp³-hybridized carbons (Fsp3) is 0.610. The van der Waals surface area contributed by atoms with E-state index in [9.17, 15) is 43.2 Å². The third-order valence-corrected chi connectivity index (χ3v) is 15.9. The van der Waals surface area contributed by atoms with E-state index in [1.165, 1.54) is 32.1 Å². The van der Waals surface area contributed by atoms with E-state index in [1.54, 1.807) is 24.3 Å². The van der Waals surface area contributed by atoms with E-state index >= 15 is 0 Å². The molecule has 5 unspecified atom stereocenters. The molecular formula is C77H124O17P2. The first-order valence-corrected chi connectivity index (χ1v) is 38.7. The minimum absolute atomic E-state index is 0.0722. The third-order valence-electron chi connectivity index (χ3n) is 14.0. The molecule has 0 saturated carbocycles. The number of carbonyl (C=O) groups is 4. The lowest BCUT2D eigenvalue weighted by atomic mass is 10.1. The van der Waals surface area contributed by atoms with Crippen molar-refractivity contribution in [2.45, 2.75) is 264 Å². The molecule has 544 valence electrons. The van der Waals surface area contributed by atoms with Gasteiger partial charge in [-0.1, -0.05) is 250 Å². The van der Waals surface area contributed by atoms with Crippen molar-refractivity contribution in [2.24, 2.45) is 0 Å². The minimum Gasteiger partial charge on any atom is -0.462 e. The number of aliphatic hydroxyl groups excluding tert-OH is 1. The molecule has 0 aliphatic rings. The van der Waals surface area contributed by atoms with Gasteiger partial charge in [-0.2, -0.15) is 0 Å². The molecule has 0 spiro atoms. The van der Waals surface area contributed by atoms with Crippen LogP contribution in [0.25, 0.3) is 0 Å². The Balaban J connectivity index is 5.50. The van der Waals surface area contributed by atoms with Crippen LogP contribution in [0.15, 0.2) is 158 Å². The number of hydrogen-bond donors (Lipinski definition) is 3. The number of carbonyl (C=O) groups excluding carboxylic acids is 4. The van der Waals surface area contributed by atoms with E-state index in [0.29, 0.717) is 25.7 Å². The number of esters is 4. The Hall–Kier alpha value is -5.32. The lowest BCUT2D eigenvalue weighted by Gasteiger charge is -2.21. The fourth-order valence-corrected chi connectivity index (χ4v) is 10.2. The van der Waals surface area contributed by atoms with Crippen molar-refractivity contribution in [1.82, 2.24) is 0 Å². The molecule has 96 heavy (non-hydrogen) atoms. The number of aliphatic hydroxyl groups is 1. The SMILES string of the molecule is CC/C=C\C/C=C\C/C=C\C/C=C\C/C=C\CC(=O)OCC(COP(=O)(O)OCC(O)COP(=O)(O)OCC(COC(=O)CCCCCCC/C=C\C/C=C\CCCCC)OC(=O)CCCCCCC/C=C\CCCC)OC(=O)C/C=C\C/C=C\C/C=C\C/C=C\C/C=C\CC. The third kappa shape index (κ3) is 67.3. The normalized spacial score (nSPS) is 14.9. The number of ether oxygens (including phenoxy) is 4. The summed E-state index contributed by atoms with van der Waals surface area (Å²) in [6.45, 7) is 4.27. The highest BCUT2D eigenvalue weighted by Crippen LogP contribution is 2.45. The first kappa shape index (κ1) is 90.7. The molecule has 0 aliphatic heterocycles. The second kappa shape index (κ2) is 68.2. The van der Waals surface area contributed by atoms with Gasteiger partial charge in [0, 0.05) is 12.8 Å². The average Bonchev–Trinajstić information content (AvgIpc) is 1.09. The number of phosphoric acid groups is 2. The maximum Gasteiger partial charge on any atom is 0.472 e. The van der Waals surface area contributed by atoms with E-state index in [-0.39, 0.29) is 25.7 Å². The van der Waals surface area contributed by atoms with Gasteiger partial charge >= 0.3 is 39.5 Å². The predicted octanol–water partition coefficient (Wildman–Crippen LogP) is 20.1.